The van der Waals surface area contributed by atoms with Crippen LogP contribution in [0, 0.1) is 19.8 Å². The van der Waals surface area contributed by atoms with Gasteiger partial charge in [0.2, 0.25) is 0 Å². The summed E-state index contributed by atoms with van der Waals surface area (Å²) < 4.78 is 5.06. The molecule has 0 spiro atoms. The number of oxazole rings is 1. The third-order valence-electron chi connectivity index (χ3n) is 3.43. The third-order valence-corrected chi connectivity index (χ3v) is 3.43. The Labute approximate surface area is 116 Å². The Morgan fingerprint density at radius 2 is 2.20 bits per heavy atom. The highest BCUT2D eigenvalue weighted by molar-refractivity contribution is 5.93. The molecule has 0 saturated heterocycles. The van der Waals surface area contributed by atoms with Crippen molar-refractivity contribution in [1.82, 2.24) is 20.3 Å². The first-order chi connectivity index (χ1) is 9.65. The number of nitrogens with zero attached hydrogens (tertiary/aromatic N) is 3. The zero-order chi connectivity index (χ0) is 14.1. The minimum Gasteiger partial charge on any atom is -0.448 e. The van der Waals surface area contributed by atoms with Gasteiger partial charge in [-0.15, -0.1) is 0 Å². The molecule has 3 rings (SSSR count). The fourth-order valence-corrected chi connectivity index (χ4v) is 2.17. The van der Waals surface area contributed by atoms with Crippen molar-refractivity contribution in [3.8, 4) is 0 Å². The van der Waals surface area contributed by atoms with Crippen LogP contribution in [-0.2, 0) is 0 Å². The van der Waals surface area contributed by atoms with Gasteiger partial charge in [-0.05, 0) is 38.7 Å². The molecular weight excluding hydrogens is 256 g/mol. The van der Waals surface area contributed by atoms with E-state index in [0.717, 1.165) is 18.5 Å². The van der Waals surface area contributed by atoms with E-state index in [1.807, 2.05) is 13.0 Å². The summed E-state index contributed by atoms with van der Waals surface area (Å²) in [6.07, 6.45) is 5.17. The first-order valence-corrected chi connectivity index (χ1v) is 6.65. The van der Waals surface area contributed by atoms with Crippen LogP contribution in [0.5, 0.6) is 0 Å². The van der Waals surface area contributed by atoms with Crippen LogP contribution in [0.1, 0.15) is 46.7 Å². The Balaban J connectivity index is 1.82. The van der Waals surface area contributed by atoms with Gasteiger partial charge in [-0.2, -0.15) is 0 Å². The van der Waals surface area contributed by atoms with Gasteiger partial charge in [0, 0.05) is 11.9 Å². The molecule has 0 radical (unpaired) electrons. The Kier molecular flexibility index (Phi) is 3.22. The smallest absolute Gasteiger partial charge is 0.274 e. The summed E-state index contributed by atoms with van der Waals surface area (Å²) in [7, 11) is 0. The van der Waals surface area contributed by atoms with Crippen molar-refractivity contribution >= 4 is 5.91 Å². The van der Waals surface area contributed by atoms with Crippen molar-refractivity contribution < 1.29 is 9.21 Å². The Bertz CT molecular complexity index is 634. The fraction of sp³-hybridized carbons (Fsp3) is 0.429. The summed E-state index contributed by atoms with van der Waals surface area (Å²) in [5.41, 5.74) is 1.22. The van der Waals surface area contributed by atoms with Crippen LogP contribution >= 0.6 is 0 Å². The molecule has 1 N–H and O–H groups in total. The van der Waals surface area contributed by atoms with E-state index < -0.39 is 0 Å². The lowest BCUT2D eigenvalue weighted by Crippen LogP contribution is -2.31. The van der Waals surface area contributed by atoms with Gasteiger partial charge in [-0.25, -0.2) is 15.0 Å². The second kappa shape index (κ2) is 5.03. The number of carbonyl (C=O) groups is 1. The molecule has 1 amide bonds. The first kappa shape index (κ1) is 12.8. The second-order valence-electron chi connectivity index (χ2n) is 5.10. The predicted octanol–water partition coefficient (Wildman–Crippen LogP) is 1.96. The molecule has 6 nitrogen and oxygen atoms in total. The molecule has 2 heterocycles. The molecule has 2 aromatic rings. The van der Waals surface area contributed by atoms with Gasteiger partial charge in [0.25, 0.3) is 5.91 Å². The molecule has 1 saturated carbocycles. The van der Waals surface area contributed by atoms with Gasteiger partial charge in [-0.3, -0.25) is 4.79 Å². The average molecular weight is 272 g/mol. The molecule has 1 fully saturated rings. The van der Waals surface area contributed by atoms with Crippen LogP contribution in [0.25, 0.3) is 0 Å². The van der Waals surface area contributed by atoms with Gasteiger partial charge in [0.1, 0.15) is 5.76 Å². The molecule has 104 valence electrons. The number of aromatic nitrogens is 3. The van der Waals surface area contributed by atoms with Crippen molar-refractivity contribution in [2.24, 2.45) is 5.92 Å². The lowest BCUT2D eigenvalue weighted by Gasteiger charge is -2.16. The fourth-order valence-electron chi connectivity index (χ4n) is 2.17. The van der Waals surface area contributed by atoms with E-state index in [2.05, 4.69) is 20.3 Å². The first-order valence-electron chi connectivity index (χ1n) is 6.65. The monoisotopic (exact) mass is 272 g/mol. The molecule has 0 aromatic carbocycles. The summed E-state index contributed by atoms with van der Waals surface area (Å²) in [5, 5.41) is 2.98. The molecule has 1 aliphatic carbocycles. The molecule has 1 atom stereocenters. The Morgan fingerprint density at radius 1 is 1.40 bits per heavy atom. The van der Waals surface area contributed by atoms with Crippen molar-refractivity contribution in [3.05, 3.63) is 41.6 Å². The lowest BCUT2D eigenvalue weighted by molar-refractivity contribution is 0.0923. The number of nitrogens with one attached hydrogen (secondary N) is 1. The minimum absolute atomic E-state index is 0.154. The predicted molar refractivity (Wildman–Crippen MR) is 70.9 cm³/mol. The van der Waals surface area contributed by atoms with E-state index >= 15 is 0 Å². The van der Waals surface area contributed by atoms with Crippen molar-refractivity contribution in [2.75, 3.05) is 0 Å². The van der Waals surface area contributed by atoms with Gasteiger partial charge in [0.05, 0.1) is 6.04 Å². The quantitative estimate of drug-likeness (QED) is 0.920. The molecule has 0 bridgehead atoms. The molecule has 6 heteroatoms. The maximum absolute atomic E-state index is 12.2. The summed E-state index contributed by atoms with van der Waals surface area (Å²) >= 11 is 0. The number of hydrogen-bond donors (Lipinski definition) is 1. The van der Waals surface area contributed by atoms with Crippen LogP contribution in [0.4, 0.5) is 0 Å². The van der Waals surface area contributed by atoms with Crippen molar-refractivity contribution in [2.45, 2.75) is 32.7 Å². The largest absolute Gasteiger partial charge is 0.448 e. The number of aryl methyl sites for hydroxylation is 2. The Morgan fingerprint density at radius 3 is 2.80 bits per heavy atom. The average Bonchev–Trinajstić information content (AvgIpc) is 3.17. The van der Waals surface area contributed by atoms with Gasteiger partial charge >= 0.3 is 0 Å². The lowest BCUT2D eigenvalue weighted by atomic mass is 10.1. The van der Waals surface area contributed by atoms with E-state index in [9.17, 15) is 4.79 Å². The van der Waals surface area contributed by atoms with Crippen LogP contribution in [0.2, 0.25) is 0 Å². The molecule has 20 heavy (non-hydrogen) atoms. The molecule has 2 aromatic heterocycles. The van der Waals surface area contributed by atoms with Gasteiger partial charge in [0.15, 0.2) is 17.9 Å². The van der Waals surface area contributed by atoms with Crippen LogP contribution in [0.15, 0.2) is 23.1 Å². The highest BCUT2D eigenvalue weighted by Gasteiger charge is 2.36. The molecule has 1 aliphatic rings. The zero-order valence-corrected chi connectivity index (χ0v) is 11.5. The van der Waals surface area contributed by atoms with Crippen LogP contribution in [0.3, 0.4) is 0 Å². The third kappa shape index (κ3) is 2.54. The van der Waals surface area contributed by atoms with E-state index in [4.69, 9.17) is 4.42 Å². The summed E-state index contributed by atoms with van der Waals surface area (Å²) in [6, 6.07) is 1.69. The standard InChI is InChI=1S/C14H16N4O2/c1-8-5-6-15-13(17-8)12(10-3-4-10)18-14(19)11-9(2)20-7-16-11/h5-7,10,12H,3-4H2,1-2H3,(H,18,19)/t12-/m0/s1. The van der Waals surface area contributed by atoms with Crippen LogP contribution in [-0.4, -0.2) is 20.9 Å². The topological polar surface area (TPSA) is 80.9 Å². The van der Waals surface area contributed by atoms with E-state index in [1.54, 1.807) is 13.1 Å². The van der Waals surface area contributed by atoms with E-state index in [1.165, 1.54) is 6.39 Å². The van der Waals surface area contributed by atoms with Crippen molar-refractivity contribution in [3.63, 3.8) is 0 Å². The zero-order valence-electron chi connectivity index (χ0n) is 11.5. The van der Waals surface area contributed by atoms with Gasteiger partial charge in [-0.1, -0.05) is 0 Å². The highest BCUT2D eigenvalue weighted by atomic mass is 16.3. The SMILES string of the molecule is Cc1ccnc([C@@H](NC(=O)c2ncoc2C)C2CC2)n1. The molecule has 0 unspecified atom stereocenters. The normalized spacial score (nSPS) is 15.9. The summed E-state index contributed by atoms with van der Waals surface area (Å²) in [6.45, 7) is 3.63. The van der Waals surface area contributed by atoms with Gasteiger partial charge < -0.3 is 9.73 Å². The van der Waals surface area contributed by atoms with Crippen LogP contribution < -0.4 is 5.32 Å². The maximum Gasteiger partial charge on any atom is 0.274 e. The maximum atomic E-state index is 12.2. The number of rotatable bonds is 4. The van der Waals surface area contributed by atoms with Crippen molar-refractivity contribution in [1.29, 1.82) is 0 Å². The summed E-state index contributed by atoms with van der Waals surface area (Å²) in [5.74, 6) is 1.36. The number of hydrogen-bond acceptors (Lipinski definition) is 5. The van der Waals surface area contributed by atoms with E-state index in [-0.39, 0.29) is 11.9 Å². The summed E-state index contributed by atoms with van der Waals surface area (Å²) in [4.78, 5) is 24.9. The van der Waals surface area contributed by atoms with E-state index in [0.29, 0.717) is 23.2 Å². The number of carbonyl (C=O) groups excluding carboxylic acids is 1. The minimum atomic E-state index is -0.238. The second-order valence-corrected chi connectivity index (χ2v) is 5.10. The molecular formula is C14H16N4O2. The highest BCUT2D eigenvalue weighted by Crippen LogP contribution is 2.40. The Hall–Kier alpha value is -2.24. The molecule has 0 aliphatic heterocycles. The number of amides is 1.